The first kappa shape index (κ1) is 29.5. The lowest BCUT2D eigenvalue weighted by atomic mass is 9.86. The van der Waals surface area contributed by atoms with Crippen molar-refractivity contribution in [1.29, 1.82) is 0 Å². The zero-order valence-electron chi connectivity index (χ0n) is 22.2. The van der Waals surface area contributed by atoms with E-state index in [9.17, 15) is 22.7 Å². The van der Waals surface area contributed by atoms with Crippen molar-refractivity contribution in [2.24, 2.45) is 5.92 Å². The van der Waals surface area contributed by atoms with Crippen LogP contribution in [-0.4, -0.2) is 18.3 Å². The molecule has 4 rings (SSSR count). The van der Waals surface area contributed by atoms with Gasteiger partial charge < -0.3 is 14.6 Å². The summed E-state index contributed by atoms with van der Waals surface area (Å²) in [4.78, 5) is 0. The summed E-state index contributed by atoms with van der Waals surface area (Å²) in [5.74, 6) is -8.04. The van der Waals surface area contributed by atoms with Crippen molar-refractivity contribution in [3.8, 4) is 22.6 Å². The third kappa shape index (κ3) is 5.99. The predicted octanol–water partition coefficient (Wildman–Crippen LogP) is 8.68. The van der Waals surface area contributed by atoms with Crippen LogP contribution in [0.15, 0.2) is 42.5 Å². The van der Waals surface area contributed by atoms with Crippen molar-refractivity contribution in [1.82, 2.24) is 0 Å². The van der Waals surface area contributed by atoms with E-state index in [-0.39, 0.29) is 41.8 Å². The Balaban J connectivity index is 1.45. The molecule has 0 heterocycles. The number of hydrogen-bond donors (Lipinski definition) is 1. The molecule has 1 aliphatic rings. The molecule has 3 aromatic carbocycles. The molecule has 3 nitrogen and oxygen atoms in total. The van der Waals surface area contributed by atoms with Gasteiger partial charge in [0.1, 0.15) is 0 Å². The first-order valence-corrected chi connectivity index (χ1v) is 13.2. The number of ether oxygens (including phenoxy) is 2. The van der Waals surface area contributed by atoms with Gasteiger partial charge in [0, 0.05) is 22.3 Å². The highest BCUT2D eigenvalue weighted by Crippen LogP contribution is 2.37. The van der Waals surface area contributed by atoms with Crippen LogP contribution in [-0.2, 0) is 0 Å². The van der Waals surface area contributed by atoms with Crippen LogP contribution in [0.25, 0.3) is 16.7 Å². The summed E-state index contributed by atoms with van der Waals surface area (Å²) in [6.07, 6.45) is 2.86. The van der Waals surface area contributed by atoms with Gasteiger partial charge in [0.2, 0.25) is 11.6 Å². The molecule has 9 heteroatoms. The molecule has 0 bridgehead atoms. The Kier molecular flexibility index (Phi) is 9.45. The number of rotatable bonds is 10. The van der Waals surface area contributed by atoms with E-state index >= 15 is 8.78 Å². The second-order valence-electron chi connectivity index (χ2n) is 9.73. The van der Waals surface area contributed by atoms with Crippen LogP contribution < -0.4 is 9.47 Å². The molecule has 2 atom stereocenters. The Morgan fingerprint density at radius 3 is 1.98 bits per heavy atom. The molecule has 2 unspecified atom stereocenters. The molecule has 40 heavy (non-hydrogen) atoms. The monoisotopic (exact) mass is 564 g/mol. The third-order valence-corrected chi connectivity index (χ3v) is 7.06. The zero-order chi connectivity index (χ0) is 29.0. The van der Waals surface area contributed by atoms with Crippen LogP contribution in [0.2, 0.25) is 0 Å². The van der Waals surface area contributed by atoms with E-state index in [4.69, 9.17) is 9.47 Å². The fourth-order valence-electron chi connectivity index (χ4n) is 4.85. The maximum absolute atomic E-state index is 15.1. The van der Waals surface area contributed by atoms with Gasteiger partial charge in [-0.25, -0.2) is 17.6 Å². The summed E-state index contributed by atoms with van der Waals surface area (Å²) in [6, 6.07) is 7.44. The number of allylic oxidation sites excluding steroid dienone is 2. The SMILES string of the molecule is CCCC(O)c1ccc(OCC2CC=C(c3ccc(-c4ccc(OCC)c(F)c4F)c(F)c3F)CC2)c(F)c1F. The first-order valence-electron chi connectivity index (χ1n) is 13.2. The average molecular weight is 565 g/mol. The molecule has 0 radical (unpaired) electrons. The van der Waals surface area contributed by atoms with Gasteiger partial charge in [-0.05, 0) is 68.4 Å². The van der Waals surface area contributed by atoms with Gasteiger partial charge in [0.25, 0.3) is 0 Å². The fraction of sp³-hybridized carbons (Fsp3) is 0.355. The lowest BCUT2D eigenvalue weighted by Gasteiger charge is -2.23. The molecule has 1 aliphatic carbocycles. The Morgan fingerprint density at radius 2 is 1.32 bits per heavy atom. The Bertz CT molecular complexity index is 1400. The Hall–Kier alpha value is -3.46. The molecular formula is C31H30F6O3. The van der Waals surface area contributed by atoms with Gasteiger partial charge in [-0.2, -0.15) is 8.78 Å². The van der Waals surface area contributed by atoms with Gasteiger partial charge in [0.05, 0.1) is 19.3 Å². The topological polar surface area (TPSA) is 38.7 Å². The van der Waals surface area contributed by atoms with E-state index in [1.165, 1.54) is 30.3 Å². The average Bonchev–Trinajstić information content (AvgIpc) is 2.94. The molecule has 0 fully saturated rings. The van der Waals surface area contributed by atoms with Crippen LogP contribution in [0.3, 0.4) is 0 Å². The van der Waals surface area contributed by atoms with E-state index in [1.54, 1.807) is 13.0 Å². The molecule has 214 valence electrons. The maximum Gasteiger partial charge on any atom is 0.201 e. The lowest BCUT2D eigenvalue weighted by molar-refractivity contribution is 0.159. The largest absolute Gasteiger partial charge is 0.491 e. The van der Waals surface area contributed by atoms with E-state index in [1.807, 2.05) is 6.92 Å². The fourth-order valence-corrected chi connectivity index (χ4v) is 4.85. The second kappa shape index (κ2) is 12.8. The summed E-state index contributed by atoms with van der Waals surface area (Å²) in [7, 11) is 0. The molecule has 0 saturated heterocycles. The minimum absolute atomic E-state index is 0.0155. The summed E-state index contributed by atoms with van der Waals surface area (Å²) in [5, 5.41) is 9.99. The van der Waals surface area contributed by atoms with Crippen molar-refractivity contribution >= 4 is 5.57 Å². The normalized spacial score (nSPS) is 16.0. The summed E-state index contributed by atoms with van der Waals surface area (Å²) in [6.45, 7) is 3.62. The first-order chi connectivity index (χ1) is 19.2. The molecule has 0 amide bonds. The van der Waals surface area contributed by atoms with E-state index < -0.39 is 52.1 Å². The number of aliphatic hydroxyl groups is 1. The van der Waals surface area contributed by atoms with Crippen LogP contribution in [0.1, 0.15) is 63.2 Å². The summed E-state index contributed by atoms with van der Waals surface area (Å²) >= 11 is 0. The van der Waals surface area contributed by atoms with Crippen LogP contribution in [0.4, 0.5) is 26.3 Å². The second-order valence-corrected chi connectivity index (χ2v) is 9.73. The third-order valence-electron chi connectivity index (χ3n) is 7.06. The van der Waals surface area contributed by atoms with Gasteiger partial charge >= 0.3 is 0 Å². The van der Waals surface area contributed by atoms with Crippen molar-refractivity contribution < 1.29 is 40.9 Å². The van der Waals surface area contributed by atoms with E-state index in [2.05, 4.69) is 0 Å². The van der Waals surface area contributed by atoms with E-state index in [0.717, 1.165) is 6.07 Å². The molecule has 0 aromatic heterocycles. The summed E-state index contributed by atoms with van der Waals surface area (Å²) in [5.41, 5.74) is -0.389. The quantitative estimate of drug-likeness (QED) is 0.251. The van der Waals surface area contributed by atoms with Crippen molar-refractivity contribution in [3.63, 3.8) is 0 Å². The van der Waals surface area contributed by atoms with Gasteiger partial charge in [0.15, 0.2) is 34.8 Å². The van der Waals surface area contributed by atoms with Crippen molar-refractivity contribution in [3.05, 3.63) is 88.5 Å². The molecule has 0 spiro atoms. The Labute approximate surface area is 229 Å². The van der Waals surface area contributed by atoms with Crippen molar-refractivity contribution in [2.45, 2.75) is 52.1 Å². The van der Waals surface area contributed by atoms with Gasteiger partial charge in [-0.3, -0.25) is 0 Å². The minimum atomic E-state index is -1.33. The molecular weight excluding hydrogens is 534 g/mol. The zero-order valence-corrected chi connectivity index (χ0v) is 22.2. The number of halogens is 6. The maximum atomic E-state index is 15.1. The van der Waals surface area contributed by atoms with Gasteiger partial charge in [-0.15, -0.1) is 0 Å². The van der Waals surface area contributed by atoms with Crippen LogP contribution >= 0.6 is 0 Å². The minimum Gasteiger partial charge on any atom is -0.491 e. The highest BCUT2D eigenvalue weighted by Gasteiger charge is 2.25. The summed E-state index contributed by atoms with van der Waals surface area (Å²) < 4.78 is 98.4. The highest BCUT2D eigenvalue weighted by atomic mass is 19.2. The van der Waals surface area contributed by atoms with E-state index in [0.29, 0.717) is 37.7 Å². The highest BCUT2D eigenvalue weighted by molar-refractivity contribution is 5.72. The van der Waals surface area contributed by atoms with Crippen LogP contribution in [0.5, 0.6) is 11.5 Å². The molecule has 0 saturated carbocycles. The Morgan fingerprint density at radius 1 is 0.750 bits per heavy atom. The smallest absolute Gasteiger partial charge is 0.201 e. The van der Waals surface area contributed by atoms with Crippen molar-refractivity contribution in [2.75, 3.05) is 13.2 Å². The van der Waals surface area contributed by atoms with Crippen LogP contribution in [0, 0.1) is 40.8 Å². The molecule has 1 N–H and O–H groups in total. The lowest BCUT2D eigenvalue weighted by Crippen LogP contribution is -2.16. The standard InChI is InChI=1S/C31H30F6O3/c1-3-5-23(38)22-13-15-25(31(37)29(22)35)40-16-17-6-8-18(9-7-17)19-10-11-20(27(33)26(19)32)21-12-14-24(39-4-2)30(36)28(21)34/h8,10-15,17,23,38H,3-7,9,16H2,1-2H3. The molecule has 3 aromatic rings. The predicted molar refractivity (Wildman–Crippen MR) is 140 cm³/mol. The van der Waals surface area contributed by atoms with Gasteiger partial charge in [-0.1, -0.05) is 31.6 Å². The number of hydrogen-bond acceptors (Lipinski definition) is 3. The molecule has 0 aliphatic heterocycles. The number of benzene rings is 3. The number of aliphatic hydroxyl groups excluding tert-OH is 1.